The molecule has 0 radical (unpaired) electrons. The predicted molar refractivity (Wildman–Crippen MR) is 58.9 cm³/mol. The van der Waals surface area contributed by atoms with Crippen LogP contribution in [0.5, 0.6) is 5.75 Å². The molecule has 1 aromatic rings. The molecule has 4 nitrogen and oxygen atoms in total. The number of carbonyl (C=O) groups is 1. The van der Waals surface area contributed by atoms with E-state index in [0.29, 0.717) is 29.5 Å². The molecule has 0 spiro atoms. The van der Waals surface area contributed by atoms with Gasteiger partial charge in [0.15, 0.2) is 0 Å². The van der Waals surface area contributed by atoms with Crippen molar-refractivity contribution in [1.82, 2.24) is 5.48 Å². The Morgan fingerprint density at radius 2 is 2.12 bits per heavy atom. The van der Waals surface area contributed by atoms with E-state index in [1.807, 2.05) is 0 Å². The van der Waals surface area contributed by atoms with Gasteiger partial charge in [-0.1, -0.05) is 11.6 Å². The molecule has 0 saturated heterocycles. The fourth-order valence-electron chi connectivity index (χ4n) is 1.22. The van der Waals surface area contributed by atoms with Crippen molar-refractivity contribution >= 4 is 17.6 Å². The first-order valence-corrected chi connectivity index (χ1v) is 5.19. The summed E-state index contributed by atoms with van der Waals surface area (Å²) in [6, 6.07) is 6.57. The number of ether oxygens (including phenoxy) is 1. The zero-order chi connectivity index (χ0) is 11.4. The third kappa shape index (κ3) is 2.74. The van der Waals surface area contributed by atoms with E-state index in [1.165, 1.54) is 0 Å². The second-order valence-electron chi connectivity index (χ2n) is 3.20. The number of rotatable bonds is 2. The summed E-state index contributed by atoms with van der Waals surface area (Å²) in [5.41, 5.74) is 2.83. The molecule has 1 aliphatic heterocycles. The second kappa shape index (κ2) is 5.01. The maximum atomic E-state index is 11.6. The fraction of sp³-hybridized carbons (Fsp3) is 0.182. The quantitative estimate of drug-likeness (QED) is 0.634. The van der Waals surface area contributed by atoms with Gasteiger partial charge < -0.3 is 4.74 Å². The average molecular weight is 240 g/mol. The summed E-state index contributed by atoms with van der Waals surface area (Å²) >= 11 is 5.71. The molecule has 1 N–H and O–H groups in total. The molecule has 0 amide bonds. The summed E-state index contributed by atoms with van der Waals surface area (Å²) in [6.45, 7) is 0.553. The van der Waals surface area contributed by atoms with Gasteiger partial charge in [-0.15, -0.1) is 0 Å². The van der Waals surface area contributed by atoms with Crippen molar-refractivity contribution in [3.63, 3.8) is 0 Å². The van der Waals surface area contributed by atoms with Crippen LogP contribution in [-0.2, 0) is 9.63 Å². The highest BCUT2D eigenvalue weighted by atomic mass is 35.5. The SMILES string of the molecule is O=C(Oc1ccc(Cl)cc1)C1=CCCON1. The lowest BCUT2D eigenvalue weighted by atomic mass is 10.3. The summed E-state index contributed by atoms with van der Waals surface area (Å²) in [4.78, 5) is 16.5. The van der Waals surface area contributed by atoms with Crippen molar-refractivity contribution in [2.24, 2.45) is 0 Å². The molecule has 0 aromatic heterocycles. The minimum atomic E-state index is -0.470. The highest BCUT2D eigenvalue weighted by Gasteiger charge is 2.14. The standard InChI is InChI=1S/C11H10ClNO3/c12-8-3-5-9(6-4-8)16-11(14)10-2-1-7-15-13-10/h2-6,13H,1,7H2. The number of carbonyl (C=O) groups excluding carboxylic acids is 1. The number of benzene rings is 1. The van der Waals surface area contributed by atoms with Gasteiger partial charge in [-0.2, -0.15) is 0 Å². The van der Waals surface area contributed by atoms with Crippen molar-refractivity contribution in [3.05, 3.63) is 41.1 Å². The van der Waals surface area contributed by atoms with E-state index in [-0.39, 0.29) is 0 Å². The van der Waals surface area contributed by atoms with Gasteiger partial charge in [-0.3, -0.25) is 10.3 Å². The molecule has 0 saturated carbocycles. The highest BCUT2D eigenvalue weighted by molar-refractivity contribution is 6.30. The molecule has 1 heterocycles. The molecule has 1 aliphatic rings. The monoisotopic (exact) mass is 239 g/mol. The Morgan fingerprint density at radius 1 is 1.38 bits per heavy atom. The Hall–Kier alpha value is -1.52. The lowest BCUT2D eigenvalue weighted by Crippen LogP contribution is -2.27. The summed E-state index contributed by atoms with van der Waals surface area (Å²) in [5.74, 6) is -0.0234. The third-order valence-corrected chi connectivity index (χ3v) is 2.25. The Bertz CT molecular complexity index is 414. The normalized spacial score (nSPS) is 14.9. The largest absolute Gasteiger partial charge is 0.422 e. The van der Waals surface area contributed by atoms with Crippen molar-refractivity contribution in [2.45, 2.75) is 6.42 Å². The van der Waals surface area contributed by atoms with E-state index in [4.69, 9.17) is 21.2 Å². The van der Waals surface area contributed by atoms with Crippen LogP contribution in [0.3, 0.4) is 0 Å². The zero-order valence-electron chi connectivity index (χ0n) is 8.40. The Labute approximate surface area is 97.8 Å². The van der Waals surface area contributed by atoms with Gasteiger partial charge >= 0.3 is 5.97 Å². The molecule has 0 aliphatic carbocycles. The molecule has 0 unspecified atom stereocenters. The summed E-state index contributed by atoms with van der Waals surface area (Å²) in [5, 5.41) is 0.595. The summed E-state index contributed by atoms with van der Waals surface area (Å²) in [6.07, 6.45) is 2.43. The molecular formula is C11H10ClNO3. The first-order valence-electron chi connectivity index (χ1n) is 4.81. The first kappa shape index (κ1) is 11.0. The number of esters is 1. The smallest absolute Gasteiger partial charge is 0.361 e. The number of nitrogens with one attached hydrogen (secondary N) is 1. The molecule has 0 atom stereocenters. The minimum absolute atomic E-state index is 0.321. The van der Waals surface area contributed by atoms with Gasteiger partial charge in [-0.05, 0) is 36.8 Å². The van der Waals surface area contributed by atoms with E-state index < -0.39 is 5.97 Å². The van der Waals surface area contributed by atoms with Crippen LogP contribution in [0.2, 0.25) is 5.02 Å². The lowest BCUT2D eigenvalue weighted by Gasteiger charge is -2.14. The van der Waals surface area contributed by atoms with Gasteiger partial charge in [0.05, 0.1) is 6.61 Å². The molecule has 84 valence electrons. The predicted octanol–water partition coefficient (Wildman–Crippen LogP) is 2.05. The summed E-state index contributed by atoms with van der Waals surface area (Å²) in [7, 11) is 0. The zero-order valence-corrected chi connectivity index (χ0v) is 9.16. The first-order chi connectivity index (χ1) is 7.75. The molecule has 0 fully saturated rings. The third-order valence-electron chi connectivity index (χ3n) is 1.99. The number of halogens is 1. The number of hydroxylamine groups is 1. The van der Waals surface area contributed by atoms with Crippen molar-refractivity contribution < 1.29 is 14.4 Å². The maximum Gasteiger partial charge on any atom is 0.361 e. The van der Waals surface area contributed by atoms with Crippen LogP contribution in [0.15, 0.2) is 36.0 Å². The van der Waals surface area contributed by atoms with Gasteiger partial charge in [0.2, 0.25) is 0 Å². The topological polar surface area (TPSA) is 47.6 Å². The van der Waals surface area contributed by atoms with Crippen LogP contribution in [0.1, 0.15) is 6.42 Å². The van der Waals surface area contributed by atoms with Crippen molar-refractivity contribution in [1.29, 1.82) is 0 Å². The summed E-state index contributed by atoms with van der Waals surface area (Å²) < 4.78 is 5.10. The number of hydrogen-bond acceptors (Lipinski definition) is 4. The molecule has 1 aromatic carbocycles. The fourth-order valence-corrected chi connectivity index (χ4v) is 1.35. The maximum absolute atomic E-state index is 11.6. The van der Waals surface area contributed by atoms with Crippen molar-refractivity contribution in [2.75, 3.05) is 6.61 Å². The van der Waals surface area contributed by atoms with Crippen molar-refractivity contribution in [3.8, 4) is 5.75 Å². The van der Waals surface area contributed by atoms with E-state index >= 15 is 0 Å². The second-order valence-corrected chi connectivity index (χ2v) is 3.64. The molecule has 0 bridgehead atoms. The molecule has 2 rings (SSSR count). The van der Waals surface area contributed by atoms with E-state index in [0.717, 1.165) is 0 Å². The lowest BCUT2D eigenvalue weighted by molar-refractivity contribution is -0.132. The number of hydrogen-bond donors (Lipinski definition) is 1. The Balaban J connectivity index is 2.01. The molecular weight excluding hydrogens is 230 g/mol. The van der Waals surface area contributed by atoms with E-state index in [1.54, 1.807) is 30.3 Å². The van der Waals surface area contributed by atoms with Gasteiger partial charge in [0.1, 0.15) is 11.4 Å². The van der Waals surface area contributed by atoms with Gasteiger partial charge in [0.25, 0.3) is 0 Å². The van der Waals surface area contributed by atoms with Crippen LogP contribution in [0.25, 0.3) is 0 Å². The minimum Gasteiger partial charge on any atom is -0.422 e. The van der Waals surface area contributed by atoms with Crippen LogP contribution < -0.4 is 10.2 Å². The van der Waals surface area contributed by atoms with Crippen LogP contribution in [-0.4, -0.2) is 12.6 Å². The van der Waals surface area contributed by atoms with Gasteiger partial charge in [-0.25, -0.2) is 4.79 Å². The Kier molecular flexibility index (Phi) is 3.44. The van der Waals surface area contributed by atoms with Crippen LogP contribution >= 0.6 is 11.6 Å². The van der Waals surface area contributed by atoms with Crippen LogP contribution in [0.4, 0.5) is 0 Å². The van der Waals surface area contributed by atoms with E-state index in [9.17, 15) is 4.79 Å². The molecule has 16 heavy (non-hydrogen) atoms. The average Bonchev–Trinajstić information content (AvgIpc) is 2.33. The van der Waals surface area contributed by atoms with E-state index in [2.05, 4.69) is 5.48 Å². The van der Waals surface area contributed by atoms with Crippen LogP contribution in [0, 0.1) is 0 Å². The highest BCUT2D eigenvalue weighted by Crippen LogP contribution is 2.16. The Morgan fingerprint density at radius 3 is 2.75 bits per heavy atom. The van der Waals surface area contributed by atoms with Gasteiger partial charge in [0, 0.05) is 5.02 Å². The molecule has 5 heteroatoms.